The summed E-state index contributed by atoms with van der Waals surface area (Å²) in [7, 11) is 0. The number of rotatable bonds is 4. The average molecular weight is 235 g/mol. The van der Waals surface area contributed by atoms with Crippen LogP contribution in [0.15, 0.2) is 24.3 Å². The van der Waals surface area contributed by atoms with Gasteiger partial charge in [0.1, 0.15) is 6.04 Å². The largest absolute Gasteiger partial charge is 0.374 e. The molecule has 0 aromatic heterocycles. The van der Waals surface area contributed by atoms with Gasteiger partial charge in [-0.05, 0) is 31.0 Å². The summed E-state index contributed by atoms with van der Waals surface area (Å²) in [5.41, 5.74) is 6.92. The van der Waals surface area contributed by atoms with Crippen molar-refractivity contribution in [2.45, 2.75) is 26.3 Å². The maximum absolute atomic E-state index is 11.4. The number of hydrogen-bond acceptors (Lipinski definition) is 3. The quantitative estimate of drug-likeness (QED) is 0.734. The van der Waals surface area contributed by atoms with Gasteiger partial charge >= 0.3 is 6.03 Å². The molecule has 1 aromatic carbocycles. The van der Waals surface area contributed by atoms with Crippen LogP contribution in [0.3, 0.4) is 0 Å². The molecule has 0 fully saturated rings. The molecule has 0 aliphatic rings. The molecule has 5 nitrogen and oxygen atoms in total. The maximum atomic E-state index is 11.4. The van der Waals surface area contributed by atoms with Crippen LogP contribution in [0.4, 0.5) is 10.5 Å². The Morgan fingerprint density at radius 1 is 1.29 bits per heavy atom. The molecule has 0 spiro atoms. The standard InChI is InChI=1S/C12H17N3O2/c1-3-9-4-6-10(7-5-9)14-8(2)11(16)15-12(13)17/h4-8,14H,3H2,1-2H3,(H3,13,15,16,17). The number of anilines is 1. The molecule has 92 valence electrons. The van der Waals surface area contributed by atoms with Gasteiger partial charge in [-0.1, -0.05) is 19.1 Å². The molecule has 0 saturated heterocycles. The summed E-state index contributed by atoms with van der Waals surface area (Å²) in [4.78, 5) is 21.9. The van der Waals surface area contributed by atoms with Crippen molar-refractivity contribution in [2.75, 3.05) is 5.32 Å². The third-order valence-corrected chi connectivity index (χ3v) is 2.39. The zero-order chi connectivity index (χ0) is 12.8. The molecular weight excluding hydrogens is 218 g/mol. The van der Waals surface area contributed by atoms with Crippen LogP contribution in [0.25, 0.3) is 0 Å². The van der Waals surface area contributed by atoms with Crippen molar-refractivity contribution in [2.24, 2.45) is 5.73 Å². The van der Waals surface area contributed by atoms with Crippen LogP contribution in [-0.4, -0.2) is 18.0 Å². The molecule has 4 N–H and O–H groups in total. The van der Waals surface area contributed by atoms with Crippen molar-refractivity contribution in [1.82, 2.24) is 5.32 Å². The molecular formula is C12H17N3O2. The van der Waals surface area contributed by atoms with Crippen LogP contribution < -0.4 is 16.4 Å². The second-order valence-electron chi connectivity index (χ2n) is 3.77. The number of hydrogen-bond donors (Lipinski definition) is 3. The summed E-state index contributed by atoms with van der Waals surface area (Å²) in [5.74, 6) is -0.447. The molecule has 17 heavy (non-hydrogen) atoms. The highest BCUT2D eigenvalue weighted by molar-refractivity contribution is 5.97. The van der Waals surface area contributed by atoms with Crippen molar-refractivity contribution in [3.8, 4) is 0 Å². The molecule has 1 atom stereocenters. The minimum atomic E-state index is -0.843. The van der Waals surface area contributed by atoms with E-state index in [1.807, 2.05) is 29.6 Å². The first-order chi connectivity index (χ1) is 8.02. The second kappa shape index (κ2) is 5.89. The van der Waals surface area contributed by atoms with Crippen LogP contribution in [0.5, 0.6) is 0 Å². The van der Waals surface area contributed by atoms with Crippen molar-refractivity contribution >= 4 is 17.6 Å². The molecule has 1 unspecified atom stereocenters. The first-order valence-corrected chi connectivity index (χ1v) is 5.48. The van der Waals surface area contributed by atoms with E-state index < -0.39 is 18.0 Å². The zero-order valence-corrected chi connectivity index (χ0v) is 9.99. The minimum Gasteiger partial charge on any atom is -0.374 e. The molecule has 0 aliphatic heterocycles. The van der Waals surface area contributed by atoms with E-state index in [0.29, 0.717) is 0 Å². The van der Waals surface area contributed by atoms with Gasteiger partial charge in [-0.15, -0.1) is 0 Å². The number of carbonyl (C=O) groups excluding carboxylic acids is 2. The van der Waals surface area contributed by atoms with Crippen molar-refractivity contribution in [3.05, 3.63) is 29.8 Å². The Balaban J connectivity index is 2.57. The highest BCUT2D eigenvalue weighted by Gasteiger charge is 2.13. The molecule has 0 heterocycles. The van der Waals surface area contributed by atoms with Gasteiger partial charge in [0.15, 0.2) is 0 Å². The summed E-state index contributed by atoms with van der Waals surface area (Å²) in [6.45, 7) is 3.73. The van der Waals surface area contributed by atoms with Gasteiger partial charge in [-0.2, -0.15) is 0 Å². The first-order valence-electron chi connectivity index (χ1n) is 5.48. The van der Waals surface area contributed by atoms with E-state index in [0.717, 1.165) is 12.1 Å². The fourth-order valence-corrected chi connectivity index (χ4v) is 1.38. The third-order valence-electron chi connectivity index (χ3n) is 2.39. The number of amides is 3. The van der Waals surface area contributed by atoms with Gasteiger partial charge in [-0.25, -0.2) is 4.79 Å². The Hall–Kier alpha value is -2.04. The Labute approximate surface area is 100 Å². The van der Waals surface area contributed by atoms with Crippen molar-refractivity contribution in [3.63, 3.8) is 0 Å². The SMILES string of the molecule is CCc1ccc(NC(C)C(=O)NC(N)=O)cc1. The van der Waals surface area contributed by atoms with Gasteiger partial charge in [0, 0.05) is 5.69 Å². The lowest BCUT2D eigenvalue weighted by atomic mass is 10.1. The van der Waals surface area contributed by atoms with E-state index in [-0.39, 0.29) is 0 Å². The number of carbonyl (C=O) groups is 2. The molecule has 0 bridgehead atoms. The average Bonchev–Trinajstić information content (AvgIpc) is 2.29. The van der Waals surface area contributed by atoms with E-state index in [2.05, 4.69) is 12.2 Å². The number of nitrogens with one attached hydrogen (secondary N) is 2. The minimum absolute atomic E-state index is 0.447. The number of aryl methyl sites for hydroxylation is 1. The third kappa shape index (κ3) is 4.14. The summed E-state index contributed by atoms with van der Waals surface area (Å²) in [5, 5.41) is 5.00. The summed E-state index contributed by atoms with van der Waals surface area (Å²) in [6.07, 6.45) is 0.970. The second-order valence-corrected chi connectivity index (χ2v) is 3.77. The molecule has 0 saturated carbocycles. The molecule has 1 aromatic rings. The van der Waals surface area contributed by atoms with Crippen LogP contribution >= 0.6 is 0 Å². The summed E-state index contributed by atoms with van der Waals surface area (Å²) >= 11 is 0. The Morgan fingerprint density at radius 2 is 1.88 bits per heavy atom. The Morgan fingerprint density at radius 3 is 2.35 bits per heavy atom. The van der Waals surface area contributed by atoms with Crippen LogP contribution in [0.1, 0.15) is 19.4 Å². The van der Waals surface area contributed by atoms with Gasteiger partial charge in [0.2, 0.25) is 5.91 Å². The predicted octanol–water partition coefficient (Wildman–Crippen LogP) is 1.24. The number of imide groups is 1. The fourth-order valence-electron chi connectivity index (χ4n) is 1.38. The summed E-state index contributed by atoms with van der Waals surface area (Å²) in [6, 6.07) is 6.40. The molecule has 3 amide bonds. The van der Waals surface area contributed by atoms with Crippen molar-refractivity contribution < 1.29 is 9.59 Å². The normalized spacial score (nSPS) is 11.6. The zero-order valence-electron chi connectivity index (χ0n) is 9.99. The van der Waals surface area contributed by atoms with Gasteiger partial charge in [-0.3, -0.25) is 10.1 Å². The Bertz CT molecular complexity index is 401. The van der Waals surface area contributed by atoms with Crippen LogP contribution in [-0.2, 0) is 11.2 Å². The van der Waals surface area contributed by atoms with Gasteiger partial charge in [0.25, 0.3) is 0 Å². The van der Waals surface area contributed by atoms with E-state index in [1.165, 1.54) is 5.56 Å². The molecule has 5 heteroatoms. The van der Waals surface area contributed by atoms with E-state index in [9.17, 15) is 9.59 Å². The fraction of sp³-hybridized carbons (Fsp3) is 0.333. The predicted molar refractivity (Wildman–Crippen MR) is 66.6 cm³/mol. The van der Waals surface area contributed by atoms with E-state index in [4.69, 9.17) is 5.73 Å². The van der Waals surface area contributed by atoms with Gasteiger partial charge < -0.3 is 11.1 Å². The van der Waals surface area contributed by atoms with Crippen LogP contribution in [0, 0.1) is 0 Å². The molecule has 0 aliphatic carbocycles. The molecule has 1 rings (SSSR count). The van der Waals surface area contributed by atoms with E-state index in [1.54, 1.807) is 6.92 Å². The highest BCUT2D eigenvalue weighted by atomic mass is 16.2. The monoisotopic (exact) mass is 235 g/mol. The maximum Gasteiger partial charge on any atom is 0.318 e. The number of primary amides is 1. The molecule has 0 radical (unpaired) electrons. The van der Waals surface area contributed by atoms with Crippen LogP contribution in [0.2, 0.25) is 0 Å². The lowest BCUT2D eigenvalue weighted by Crippen LogP contribution is -2.43. The lowest BCUT2D eigenvalue weighted by Gasteiger charge is -2.14. The number of urea groups is 1. The smallest absolute Gasteiger partial charge is 0.318 e. The summed E-state index contributed by atoms with van der Waals surface area (Å²) < 4.78 is 0. The lowest BCUT2D eigenvalue weighted by molar-refractivity contribution is -0.120. The van der Waals surface area contributed by atoms with Gasteiger partial charge in [0.05, 0.1) is 0 Å². The van der Waals surface area contributed by atoms with E-state index >= 15 is 0 Å². The number of nitrogens with two attached hydrogens (primary N) is 1. The first kappa shape index (κ1) is 13.0. The highest BCUT2D eigenvalue weighted by Crippen LogP contribution is 2.11. The number of benzene rings is 1. The Kier molecular flexibility index (Phi) is 4.51. The topological polar surface area (TPSA) is 84.2 Å². The van der Waals surface area contributed by atoms with Crippen molar-refractivity contribution in [1.29, 1.82) is 0 Å².